The van der Waals surface area contributed by atoms with Crippen LogP contribution in [0.4, 0.5) is 4.79 Å². The first-order valence-electron chi connectivity index (χ1n) is 7.09. The van der Waals surface area contributed by atoms with Crippen molar-refractivity contribution in [2.75, 3.05) is 32.8 Å². The number of imide groups is 1. The van der Waals surface area contributed by atoms with E-state index in [1.54, 1.807) is 0 Å². The molecular weight excluding hydrogens is 278 g/mol. The van der Waals surface area contributed by atoms with Crippen LogP contribution in [-0.2, 0) is 14.3 Å². The maximum Gasteiger partial charge on any atom is 0.329 e. The number of amides is 3. The third-order valence-electron chi connectivity index (χ3n) is 3.07. The zero-order valence-corrected chi connectivity index (χ0v) is 12.3. The van der Waals surface area contributed by atoms with Gasteiger partial charge in [0.1, 0.15) is 13.2 Å². The topological polar surface area (TPSA) is 108 Å². The summed E-state index contributed by atoms with van der Waals surface area (Å²) in [6, 6.07) is -0.667. The molecule has 1 fully saturated rings. The van der Waals surface area contributed by atoms with Crippen LogP contribution >= 0.6 is 0 Å². The van der Waals surface area contributed by atoms with Crippen LogP contribution in [0.2, 0.25) is 0 Å². The van der Waals surface area contributed by atoms with E-state index >= 15 is 0 Å². The predicted octanol–water partition coefficient (Wildman–Crippen LogP) is -0.212. The number of urea groups is 1. The molecule has 0 bridgehead atoms. The van der Waals surface area contributed by atoms with Crippen LogP contribution in [0.1, 0.15) is 26.2 Å². The summed E-state index contributed by atoms with van der Waals surface area (Å²) in [6.45, 7) is 3.67. The molecular formula is C13H23N3O5. The minimum absolute atomic E-state index is 0.0733. The van der Waals surface area contributed by atoms with Crippen molar-refractivity contribution in [3.8, 4) is 0 Å². The number of hydrogen-bond acceptors (Lipinski definition) is 5. The van der Waals surface area contributed by atoms with Gasteiger partial charge in [-0.15, -0.1) is 0 Å². The fourth-order valence-corrected chi connectivity index (χ4v) is 2.23. The molecule has 8 nitrogen and oxygen atoms in total. The van der Waals surface area contributed by atoms with Crippen molar-refractivity contribution in [2.45, 2.75) is 32.2 Å². The zero-order valence-electron chi connectivity index (χ0n) is 12.3. The average Bonchev–Trinajstić information content (AvgIpc) is 2.38. The predicted molar refractivity (Wildman–Crippen MR) is 74.9 cm³/mol. The molecule has 1 aliphatic rings. The quantitative estimate of drug-likeness (QED) is 0.600. The molecule has 0 saturated carbocycles. The molecule has 0 spiro atoms. The third kappa shape index (κ3) is 8.26. The van der Waals surface area contributed by atoms with E-state index in [0.29, 0.717) is 0 Å². The smallest absolute Gasteiger partial charge is 0.329 e. The van der Waals surface area contributed by atoms with Gasteiger partial charge in [-0.25, -0.2) is 9.59 Å². The molecule has 120 valence electrons. The highest BCUT2D eigenvalue weighted by Crippen LogP contribution is 2.08. The second kappa shape index (κ2) is 9.30. The second-order valence-electron chi connectivity index (χ2n) is 5.17. The molecule has 3 N–H and O–H groups in total. The first kappa shape index (κ1) is 17.4. The molecule has 1 unspecified atom stereocenters. The zero-order chi connectivity index (χ0) is 15.7. The van der Waals surface area contributed by atoms with E-state index in [-0.39, 0.29) is 6.04 Å². The van der Waals surface area contributed by atoms with Gasteiger partial charge in [-0.3, -0.25) is 10.1 Å². The Hall–Kier alpha value is -1.67. The average molecular weight is 301 g/mol. The lowest BCUT2D eigenvalue weighted by Crippen LogP contribution is -2.49. The number of hydrogen-bond donors (Lipinski definition) is 3. The molecule has 8 heteroatoms. The van der Waals surface area contributed by atoms with Gasteiger partial charge in [0.15, 0.2) is 0 Å². The number of likely N-dealkylation sites (tertiary alicyclic amines) is 1. The number of carboxylic acid groups (broad SMARTS) is 1. The lowest BCUT2D eigenvalue weighted by molar-refractivity contribution is -0.143. The summed E-state index contributed by atoms with van der Waals surface area (Å²) in [7, 11) is 0. The summed E-state index contributed by atoms with van der Waals surface area (Å²) in [5.74, 6) is -1.83. The summed E-state index contributed by atoms with van der Waals surface area (Å²) in [5, 5.41) is 13.1. The van der Waals surface area contributed by atoms with Gasteiger partial charge in [0.05, 0.1) is 0 Å². The lowest BCUT2D eigenvalue weighted by Gasteiger charge is -2.29. The molecule has 0 aromatic carbocycles. The third-order valence-corrected chi connectivity index (χ3v) is 3.07. The largest absolute Gasteiger partial charge is 0.480 e. The Bertz CT molecular complexity index is 369. The van der Waals surface area contributed by atoms with Crippen molar-refractivity contribution in [2.24, 2.45) is 0 Å². The number of carbonyl (C=O) groups is 3. The van der Waals surface area contributed by atoms with Crippen molar-refractivity contribution in [3.05, 3.63) is 0 Å². The van der Waals surface area contributed by atoms with Crippen molar-refractivity contribution >= 4 is 17.9 Å². The van der Waals surface area contributed by atoms with Crippen molar-refractivity contribution in [1.82, 2.24) is 15.5 Å². The molecule has 1 aliphatic heterocycles. The van der Waals surface area contributed by atoms with Crippen LogP contribution in [0, 0.1) is 0 Å². The van der Waals surface area contributed by atoms with Crippen LogP contribution in [-0.4, -0.2) is 66.8 Å². The van der Waals surface area contributed by atoms with E-state index in [9.17, 15) is 14.4 Å². The van der Waals surface area contributed by atoms with Crippen LogP contribution in [0.15, 0.2) is 0 Å². The molecule has 21 heavy (non-hydrogen) atoms. The van der Waals surface area contributed by atoms with Gasteiger partial charge in [-0.2, -0.15) is 0 Å². The molecule has 0 aromatic rings. The fourth-order valence-electron chi connectivity index (χ4n) is 2.23. The van der Waals surface area contributed by atoms with Crippen molar-refractivity contribution in [3.63, 3.8) is 0 Å². The van der Waals surface area contributed by atoms with Gasteiger partial charge in [0.2, 0.25) is 0 Å². The number of carbonyl (C=O) groups excluding carboxylic acids is 2. The molecule has 3 amide bonds. The number of rotatable bonds is 7. The second-order valence-corrected chi connectivity index (χ2v) is 5.17. The normalized spacial score (nSPS) is 17.0. The van der Waals surface area contributed by atoms with Gasteiger partial charge in [-0.05, 0) is 32.9 Å². The Morgan fingerprint density at radius 2 is 1.86 bits per heavy atom. The van der Waals surface area contributed by atoms with Crippen LogP contribution in [0.3, 0.4) is 0 Å². The number of ether oxygens (including phenoxy) is 1. The van der Waals surface area contributed by atoms with Gasteiger partial charge < -0.3 is 20.1 Å². The standard InChI is InChI=1S/C13H23N3O5/c1-10(7-16-5-3-2-4-6-16)14-13(20)15-11(17)8-21-9-12(18)19/h10H,2-9H2,1H3,(H,18,19)(H2,14,15,17,20). The fraction of sp³-hybridized carbons (Fsp3) is 0.769. The minimum atomic E-state index is -1.16. The highest BCUT2D eigenvalue weighted by molar-refractivity contribution is 5.95. The summed E-state index contributed by atoms with van der Waals surface area (Å²) >= 11 is 0. The van der Waals surface area contributed by atoms with E-state index in [1.165, 1.54) is 19.3 Å². The number of piperidine rings is 1. The molecule has 1 rings (SSSR count). The molecule has 0 aromatic heterocycles. The summed E-state index contributed by atoms with van der Waals surface area (Å²) < 4.78 is 4.58. The van der Waals surface area contributed by atoms with E-state index in [0.717, 1.165) is 19.6 Å². The summed E-state index contributed by atoms with van der Waals surface area (Å²) in [4.78, 5) is 35.4. The van der Waals surface area contributed by atoms with Crippen molar-refractivity contribution in [1.29, 1.82) is 0 Å². The Labute approximate surface area is 123 Å². The Balaban J connectivity index is 2.16. The molecule has 1 atom stereocenters. The number of aliphatic carboxylic acids is 1. The van der Waals surface area contributed by atoms with Gasteiger partial charge in [0, 0.05) is 12.6 Å². The Morgan fingerprint density at radius 1 is 1.19 bits per heavy atom. The van der Waals surface area contributed by atoms with E-state index in [2.05, 4.69) is 20.3 Å². The Morgan fingerprint density at radius 3 is 2.48 bits per heavy atom. The van der Waals surface area contributed by atoms with Crippen molar-refractivity contribution < 1.29 is 24.2 Å². The number of nitrogens with one attached hydrogen (secondary N) is 2. The molecule has 0 radical (unpaired) electrons. The van der Waals surface area contributed by atoms with Crippen LogP contribution in [0.5, 0.6) is 0 Å². The first-order chi connectivity index (χ1) is 9.97. The highest BCUT2D eigenvalue weighted by Gasteiger charge is 2.16. The highest BCUT2D eigenvalue weighted by atomic mass is 16.5. The van der Waals surface area contributed by atoms with Crippen LogP contribution in [0.25, 0.3) is 0 Å². The maximum atomic E-state index is 11.6. The van der Waals surface area contributed by atoms with Crippen LogP contribution < -0.4 is 10.6 Å². The SMILES string of the molecule is CC(CN1CCCCC1)NC(=O)NC(=O)COCC(=O)O. The monoisotopic (exact) mass is 301 g/mol. The number of nitrogens with zero attached hydrogens (tertiary/aromatic N) is 1. The summed E-state index contributed by atoms with van der Waals surface area (Å²) in [6.07, 6.45) is 3.61. The van der Waals surface area contributed by atoms with Gasteiger partial charge in [0.25, 0.3) is 5.91 Å². The summed E-state index contributed by atoms with van der Waals surface area (Å²) in [5.41, 5.74) is 0. The molecule has 1 saturated heterocycles. The van der Waals surface area contributed by atoms with Gasteiger partial charge >= 0.3 is 12.0 Å². The van der Waals surface area contributed by atoms with E-state index in [4.69, 9.17) is 5.11 Å². The van der Waals surface area contributed by atoms with E-state index in [1.807, 2.05) is 6.92 Å². The lowest BCUT2D eigenvalue weighted by atomic mass is 10.1. The maximum absolute atomic E-state index is 11.6. The first-order valence-corrected chi connectivity index (χ1v) is 7.09. The van der Waals surface area contributed by atoms with Gasteiger partial charge in [-0.1, -0.05) is 6.42 Å². The molecule has 1 heterocycles. The number of carboxylic acids is 1. The van der Waals surface area contributed by atoms with E-state index < -0.39 is 31.1 Å². The minimum Gasteiger partial charge on any atom is -0.480 e. The Kier molecular flexibility index (Phi) is 7.70. The molecule has 0 aliphatic carbocycles.